The van der Waals surface area contributed by atoms with Crippen molar-refractivity contribution in [2.75, 3.05) is 6.54 Å². The highest BCUT2D eigenvalue weighted by molar-refractivity contribution is 6.21. The third-order valence-corrected chi connectivity index (χ3v) is 3.55. The molecule has 0 aromatic rings. The van der Waals surface area contributed by atoms with Gasteiger partial charge < -0.3 is 10.2 Å². The number of hydrogen-bond acceptors (Lipinski definition) is 4. The van der Waals surface area contributed by atoms with Gasteiger partial charge in [0.15, 0.2) is 0 Å². The summed E-state index contributed by atoms with van der Waals surface area (Å²) >= 11 is 0. The molecule has 4 nitrogen and oxygen atoms in total. The zero-order chi connectivity index (χ0) is 14.3. The van der Waals surface area contributed by atoms with Crippen LogP contribution >= 0.6 is 0 Å². The van der Waals surface area contributed by atoms with Crippen molar-refractivity contribution in [3.63, 3.8) is 0 Å². The Bertz CT molecular complexity index is 372. The molecular weight excluding hydrogens is 240 g/mol. The second-order valence-corrected chi connectivity index (χ2v) is 5.14. The van der Waals surface area contributed by atoms with Crippen LogP contribution in [0.1, 0.15) is 59.8 Å². The Labute approximate surface area is 116 Å². The van der Waals surface area contributed by atoms with Crippen LogP contribution in [-0.4, -0.2) is 18.2 Å². The fraction of sp³-hybridized carbons (Fsp3) is 0.733. The number of carbonyl (C=O) groups excluding carboxylic acids is 1. The molecule has 0 fully saturated rings. The largest absolute Gasteiger partial charge is 0.387 e. The lowest BCUT2D eigenvalue weighted by Crippen LogP contribution is -2.25. The number of nitrogens with one attached hydrogen (secondary N) is 1. The molecule has 4 heteroatoms. The van der Waals surface area contributed by atoms with Crippen molar-refractivity contribution in [1.29, 1.82) is 0 Å². The van der Waals surface area contributed by atoms with Gasteiger partial charge in [0.25, 0.3) is 0 Å². The first-order valence-electron chi connectivity index (χ1n) is 7.36. The molecule has 1 atom stereocenters. The number of carbonyl (C=O) groups is 1. The maximum Gasteiger partial charge on any atom is 0.369 e. The fourth-order valence-electron chi connectivity index (χ4n) is 2.14. The van der Waals surface area contributed by atoms with Crippen LogP contribution in [0.15, 0.2) is 16.4 Å². The van der Waals surface area contributed by atoms with Crippen molar-refractivity contribution in [2.24, 2.45) is 11.1 Å². The number of hydrogen-bond donors (Lipinski definition) is 1. The minimum Gasteiger partial charge on any atom is -0.387 e. The maximum atomic E-state index is 11.7. The first-order valence-corrected chi connectivity index (χ1v) is 7.36. The summed E-state index contributed by atoms with van der Waals surface area (Å²) < 4.78 is 0. The summed E-state index contributed by atoms with van der Waals surface area (Å²) in [6.07, 6.45) is 5.84. The van der Waals surface area contributed by atoms with Crippen molar-refractivity contribution in [3.05, 3.63) is 11.3 Å². The molecule has 108 valence electrons. The van der Waals surface area contributed by atoms with Crippen molar-refractivity contribution in [1.82, 2.24) is 5.32 Å². The molecule has 0 bridgehead atoms. The van der Waals surface area contributed by atoms with Crippen LogP contribution in [0.25, 0.3) is 0 Å². The Morgan fingerprint density at radius 3 is 2.58 bits per heavy atom. The smallest absolute Gasteiger partial charge is 0.369 e. The first-order chi connectivity index (χ1) is 9.11. The Morgan fingerprint density at radius 1 is 1.32 bits per heavy atom. The topological polar surface area (TPSA) is 50.7 Å². The average molecular weight is 266 g/mol. The van der Waals surface area contributed by atoms with Gasteiger partial charge in [-0.25, -0.2) is 4.79 Å². The van der Waals surface area contributed by atoms with Crippen molar-refractivity contribution in [3.8, 4) is 0 Å². The molecule has 0 aliphatic carbocycles. The normalized spacial score (nSPS) is 18.9. The van der Waals surface area contributed by atoms with Gasteiger partial charge in [-0.05, 0) is 25.7 Å². The maximum absolute atomic E-state index is 11.7. The van der Waals surface area contributed by atoms with E-state index in [0.29, 0.717) is 17.2 Å². The van der Waals surface area contributed by atoms with E-state index in [4.69, 9.17) is 4.84 Å². The van der Waals surface area contributed by atoms with Crippen molar-refractivity contribution in [2.45, 2.75) is 59.8 Å². The average Bonchev–Trinajstić information content (AvgIpc) is 2.73. The molecule has 1 heterocycles. The number of rotatable bonds is 8. The van der Waals surface area contributed by atoms with E-state index in [1.54, 1.807) is 0 Å². The molecule has 19 heavy (non-hydrogen) atoms. The third kappa shape index (κ3) is 4.37. The molecule has 1 rings (SSSR count). The van der Waals surface area contributed by atoms with Gasteiger partial charge in [0.05, 0.1) is 5.71 Å². The van der Waals surface area contributed by atoms with Gasteiger partial charge in [-0.3, -0.25) is 0 Å². The van der Waals surface area contributed by atoms with Crippen LogP contribution < -0.4 is 5.32 Å². The molecule has 0 amide bonds. The number of allylic oxidation sites excluding steroid dienone is 1. The van der Waals surface area contributed by atoms with Crippen LogP contribution in [0.5, 0.6) is 0 Å². The Kier molecular flexibility index (Phi) is 6.60. The van der Waals surface area contributed by atoms with Crippen LogP contribution in [0, 0.1) is 5.92 Å². The highest BCUT2D eigenvalue weighted by Gasteiger charge is 2.28. The Hall–Kier alpha value is -1.32. The zero-order valence-electron chi connectivity index (χ0n) is 12.6. The molecule has 0 spiro atoms. The predicted molar refractivity (Wildman–Crippen MR) is 77.8 cm³/mol. The molecule has 0 aromatic carbocycles. The summed E-state index contributed by atoms with van der Waals surface area (Å²) in [6.45, 7) is 9.18. The number of nitrogens with zero attached hydrogens (tertiary/aromatic N) is 1. The van der Waals surface area contributed by atoms with Gasteiger partial charge in [0.2, 0.25) is 0 Å². The summed E-state index contributed by atoms with van der Waals surface area (Å²) in [5.41, 5.74) is 2.30. The van der Waals surface area contributed by atoms with Gasteiger partial charge in [0, 0.05) is 12.2 Å². The highest BCUT2D eigenvalue weighted by Crippen LogP contribution is 2.22. The van der Waals surface area contributed by atoms with Gasteiger partial charge in [-0.2, -0.15) is 0 Å². The van der Waals surface area contributed by atoms with Crippen LogP contribution in [-0.2, 0) is 9.63 Å². The van der Waals surface area contributed by atoms with E-state index in [1.165, 1.54) is 19.3 Å². The van der Waals surface area contributed by atoms with Crippen molar-refractivity contribution < 1.29 is 9.63 Å². The summed E-state index contributed by atoms with van der Waals surface area (Å²) in [5, 5.41) is 7.19. The van der Waals surface area contributed by atoms with Gasteiger partial charge in [-0.1, -0.05) is 45.2 Å². The van der Waals surface area contributed by atoms with E-state index in [0.717, 1.165) is 25.1 Å². The second-order valence-electron chi connectivity index (χ2n) is 5.14. The van der Waals surface area contributed by atoms with Crippen LogP contribution in [0.2, 0.25) is 0 Å². The van der Waals surface area contributed by atoms with E-state index in [9.17, 15) is 4.79 Å². The van der Waals surface area contributed by atoms with E-state index < -0.39 is 0 Å². The fourth-order valence-corrected chi connectivity index (χ4v) is 2.14. The second kappa shape index (κ2) is 7.97. The quantitative estimate of drug-likeness (QED) is 0.416. The summed E-state index contributed by atoms with van der Waals surface area (Å²) in [7, 11) is 0. The summed E-state index contributed by atoms with van der Waals surface area (Å²) in [4.78, 5) is 16.5. The van der Waals surface area contributed by atoms with Crippen molar-refractivity contribution >= 4 is 11.7 Å². The third-order valence-electron chi connectivity index (χ3n) is 3.55. The highest BCUT2D eigenvalue weighted by atomic mass is 16.7. The molecule has 0 radical (unpaired) electrons. The zero-order valence-corrected chi connectivity index (χ0v) is 12.6. The van der Waals surface area contributed by atoms with E-state index >= 15 is 0 Å². The standard InChI is InChI=1S/C15H26N2O2/c1-5-7-8-9-10-16-14(11(3)6-2)13-12(4)17-19-15(13)18/h11,16H,5-10H2,1-4H3. The molecular formula is C15H26N2O2. The summed E-state index contributed by atoms with van der Waals surface area (Å²) in [6, 6.07) is 0. The van der Waals surface area contributed by atoms with Crippen LogP contribution in [0.4, 0.5) is 0 Å². The summed E-state index contributed by atoms with van der Waals surface area (Å²) in [5.74, 6) is -0.00849. The van der Waals surface area contributed by atoms with E-state index in [-0.39, 0.29) is 5.97 Å². The molecule has 0 saturated carbocycles. The van der Waals surface area contributed by atoms with E-state index in [2.05, 4.69) is 31.2 Å². The molecule has 0 saturated heterocycles. The van der Waals surface area contributed by atoms with Gasteiger partial charge >= 0.3 is 5.97 Å². The minimum absolute atomic E-state index is 0.317. The lowest BCUT2D eigenvalue weighted by atomic mass is 9.97. The van der Waals surface area contributed by atoms with Gasteiger partial charge in [-0.15, -0.1) is 0 Å². The predicted octanol–water partition coefficient (Wildman–Crippen LogP) is 3.39. The van der Waals surface area contributed by atoms with E-state index in [1.807, 2.05) is 6.92 Å². The molecule has 1 aliphatic heterocycles. The monoisotopic (exact) mass is 266 g/mol. The molecule has 1 N–H and O–H groups in total. The molecule has 1 aliphatic rings. The number of unbranched alkanes of at least 4 members (excludes halogenated alkanes) is 3. The lowest BCUT2D eigenvalue weighted by Gasteiger charge is -2.18. The lowest BCUT2D eigenvalue weighted by molar-refractivity contribution is -0.137. The Balaban J connectivity index is 2.70. The van der Waals surface area contributed by atoms with Crippen LogP contribution in [0.3, 0.4) is 0 Å². The minimum atomic E-state index is -0.325. The molecule has 0 aromatic heterocycles. The first kappa shape index (κ1) is 15.7. The molecule has 1 unspecified atom stereocenters. The SMILES string of the molecule is CCCCCCNC(=C1C(=O)ON=C1C)C(C)CC. The Morgan fingerprint density at radius 2 is 2.05 bits per heavy atom. The number of oxime groups is 1. The van der Waals surface area contributed by atoms with Gasteiger partial charge in [0.1, 0.15) is 5.57 Å².